The molecule has 0 aliphatic carbocycles. The standard InChI is InChI=1S/C13H17NO2S/c1-10-2-4-12(5-3-10)17-7-6-13(16)14-8-11(15)9-14/h2-5,11,15H,6-9H2,1H3. The van der Waals surface area contributed by atoms with Crippen LogP contribution in [0.4, 0.5) is 0 Å². The van der Waals surface area contributed by atoms with E-state index in [9.17, 15) is 4.79 Å². The molecule has 1 amide bonds. The van der Waals surface area contributed by atoms with E-state index in [0.717, 1.165) is 5.75 Å². The number of nitrogens with zero attached hydrogens (tertiary/aromatic N) is 1. The molecule has 0 bridgehead atoms. The quantitative estimate of drug-likeness (QED) is 0.828. The summed E-state index contributed by atoms with van der Waals surface area (Å²) in [5, 5.41) is 9.10. The van der Waals surface area contributed by atoms with Crippen LogP contribution in [0.5, 0.6) is 0 Å². The first-order valence-electron chi connectivity index (χ1n) is 5.80. The normalized spacial score (nSPS) is 15.8. The summed E-state index contributed by atoms with van der Waals surface area (Å²) in [5.41, 5.74) is 1.25. The van der Waals surface area contributed by atoms with Crippen LogP contribution in [0.1, 0.15) is 12.0 Å². The van der Waals surface area contributed by atoms with Gasteiger partial charge in [-0.05, 0) is 19.1 Å². The van der Waals surface area contributed by atoms with Gasteiger partial charge in [-0.25, -0.2) is 0 Å². The zero-order valence-electron chi connectivity index (χ0n) is 9.93. The fourth-order valence-electron chi connectivity index (χ4n) is 1.71. The number of amides is 1. The molecule has 2 rings (SSSR count). The highest BCUT2D eigenvalue weighted by atomic mass is 32.2. The van der Waals surface area contributed by atoms with Gasteiger partial charge in [-0.3, -0.25) is 4.79 Å². The summed E-state index contributed by atoms with van der Waals surface area (Å²) >= 11 is 1.70. The molecule has 4 heteroatoms. The Morgan fingerprint density at radius 2 is 2.06 bits per heavy atom. The van der Waals surface area contributed by atoms with Gasteiger partial charge in [-0.2, -0.15) is 0 Å². The van der Waals surface area contributed by atoms with Crippen LogP contribution in [0, 0.1) is 6.92 Å². The van der Waals surface area contributed by atoms with Crippen molar-refractivity contribution in [3.63, 3.8) is 0 Å². The molecular weight excluding hydrogens is 234 g/mol. The third kappa shape index (κ3) is 3.48. The molecule has 3 nitrogen and oxygen atoms in total. The molecule has 1 heterocycles. The highest BCUT2D eigenvalue weighted by molar-refractivity contribution is 7.99. The van der Waals surface area contributed by atoms with Crippen LogP contribution in [0.15, 0.2) is 29.2 Å². The monoisotopic (exact) mass is 251 g/mol. The van der Waals surface area contributed by atoms with Gasteiger partial charge < -0.3 is 10.0 Å². The molecule has 0 unspecified atom stereocenters. The maximum absolute atomic E-state index is 11.6. The lowest BCUT2D eigenvalue weighted by atomic mass is 10.1. The first-order chi connectivity index (χ1) is 8.15. The molecule has 1 aromatic carbocycles. The maximum Gasteiger partial charge on any atom is 0.223 e. The molecule has 1 aliphatic rings. The third-order valence-electron chi connectivity index (χ3n) is 2.82. The number of carbonyl (C=O) groups excluding carboxylic acids is 1. The van der Waals surface area contributed by atoms with E-state index < -0.39 is 0 Å². The maximum atomic E-state index is 11.6. The Morgan fingerprint density at radius 3 is 2.65 bits per heavy atom. The van der Waals surface area contributed by atoms with E-state index >= 15 is 0 Å². The molecule has 0 atom stereocenters. The molecule has 1 aromatic rings. The fourth-order valence-corrected chi connectivity index (χ4v) is 2.55. The zero-order chi connectivity index (χ0) is 12.3. The van der Waals surface area contributed by atoms with Crippen LogP contribution in [0.3, 0.4) is 0 Å². The van der Waals surface area contributed by atoms with Gasteiger partial charge in [0.15, 0.2) is 0 Å². The Balaban J connectivity index is 1.69. The van der Waals surface area contributed by atoms with E-state index in [2.05, 4.69) is 31.2 Å². The average molecular weight is 251 g/mol. The number of carbonyl (C=O) groups is 1. The molecule has 92 valence electrons. The van der Waals surface area contributed by atoms with Crippen molar-refractivity contribution in [3.05, 3.63) is 29.8 Å². The Morgan fingerprint density at radius 1 is 1.41 bits per heavy atom. The molecule has 17 heavy (non-hydrogen) atoms. The average Bonchev–Trinajstić information content (AvgIpc) is 2.27. The van der Waals surface area contributed by atoms with Crippen molar-refractivity contribution in [2.75, 3.05) is 18.8 Å². The number of hydrogen-bond acceptors (Lipinski definition) is 3. The summed E-state index contributed by atoms with van der Waals surface area (Å²) in [6.45, 7) is 3.08. The van der Waals surface area contributed by atoms with E-state index in [1.165, 1.54) is 10.5 Å². The lowest BCUT2D eigenvalue weighted by Crippen LogP contribution is -2.53. The number of rotatable bonds is 4. The van der Waals surface area contributed by atoms with Gasteiger partial charge in [0.25, 0.3) is 0 Å². The van der Waals surface area contributed by atoms with Gasteiger partial charge in [0.05, 0.1) is 6.10 Å². The minimum atomic E-state index is -0.302. The molecule has 1 saturated heterocycles. The number of β-amino-alcohol motifs (C(OH)–C–C–N with tert-alkyl or cyclic N) is 1. The van der Waals surface area contributed by atoms with Gasteiger partial charge in [0.2, 0.25) is 5.91 Å². The van der Waals surface area contributed by atoms with Crippen molar-refractivity contribution in [3.8, 4) is 0 Å². The number of hydrogen-bond donors (Lipinski definition) is 1. The van der Waals surface area contributed by atoms with Crippen LogP contribution in [-0.4, -0.2) is 40.9 Å². The first kappa shape index (κ1) is 12.5. The van der Waals surface area contributed by atoms with E-state index in [0.29, 0.717) is 19.5 Å². The second kappa shape index (κ2) is 5.56. The van der Waals surface area contributed by atoms with Crippen molar-refractivity contribution < 1.29 is 9.90 Å². The summed E-state index contributed by atoms with van der Waals surface area (Å²) in [4.78, 5) is 14.5. The highest BCUT2D eigenvalue weighted by Gasteiger charge is 2.27. The smallest absolute Gasteiger partial charge is 0.223 e. The molecule has 0 spiro atoms. The largest absolute Gasteiger partial charge is 0.389 e. The van der Waals surface area contributed by atoms with E-state index in [-0.39, 0.29) is 12.0 Å². The number of benzene rings is 1. The Kier molecular flexibility index (Phi) is 4.07. The topological polar surface area (TPSA) is 40.5 Å². The van der Waals surface area contributed by atoms with Crippen LogP contribution in [0.25, 0.3) is 0 Å². The Labute approximate surface area is 106 Å². The first-order valence-corrected chi connectivity index (χ1v) is 6.79. The lowest BCUT2D eigenvalue weighted by molar-refractivity contribution is -0.140. The molecule has 0 aromatic heterocycles. The predicted octanol–water partition coefficient (Wildman–Crippen LogP) is 1.68. The fraction of sp³-hybridized carbons (Fsp3) is 0.462. The number of aryl methyl sites for hydroxylation is 1. The van der Waals surface area contributed by atoms with Crippen molar-refractivity contribution in [2.45, 2.75) is 24.3 Å². The molecule has 0 radical (unpaired) electrons. The van der Waals surface area contributed by atoms with Crippen molar-refractivity contribution in [1.82, 2.24) is 4.90 Å². The van der Waals surface area contributed by atoms with E-state index in [1.807, 2.05) is 0 Å². The molecule has 1 aliphatic heterocycles. The van der Waals surface area contributed by atoms with Gasteiger partial charge in [-0.15, -0.1) is 11.8 Å². The Hall–Kier alpha value is -1.00. The van der Waals surface area contributed by atoms with Crippen LogP contribution in [0.2, 0.25) is 0 Å². The zero-order valence-corrected chi connectivity index (χ0v) is 10.7. The van der Waals surface area contributed by atoms with Crippen LogP contribution < -0.4 is 0 Å². The number of aliphatic hydroxyl groups is 1. The van der Waals surface area contributed by atoms with Crippen molar-refractivity contribution in [1.29, 1.82) is 0 Å². The second-order valence-electron chi connectivity index (χ2n) is 4.36. The number of thioether (sulfide) groups is 1. The summed E-state index contributed by atoms with van der Waals surface area (Å²) in [6.07, 6.45) is 0.245. The van der Waals surface area contributed by atoms with Crippen molar-refractivity contribution >= 4 is 17.7 Å². The summed E-state index contributed by atoms with van der Waals surface area (Å²) in [7, 11) is 0. The number of aliphatic hydroxyl groups excluding tert-OH is 1. The highest BCUT2D eigenvalue weighted by Crippen LogP contribution is 2.20. The lowest BCUT2D eigenvalue weighted by Gasteiger charge is -2.35. The molecule has 1 N–H and O–H groups in total. The van der Waals surface area contributed by atoms with E-state index in [1.54, 1.807) is 16.7 Å². The minimum absolute atomic E-state index is 0.148. The van der Waals surface area contributed by atoms with Gasteiger partial charge in [-0.1, -0.05) is 17.7 Å². The molecule has 1 fully saturated rings. The van der Waals surface area contributed by atoms with Crippen LogP contribution >= 0.6 is 11.8 Å². The summed E-state index contributed by atoms with van der Waals surface area (Å²) in [6, 6.07) is 8.32. The third-order valence-corrected chi connectivity index (χ3v) is 3.83. The van der Waals surface area contributed by atoms with Gasteiger partial charge in [0, 0.05) is 30.2 Å². The number of likely N-dealkylation sites (tertiary alicyclic amines) is 1. The summed E-state index contributed by atoms with van der Waals surface area (Å²) in [5.74, 6) is 0.948. The summed E-state index contributed by atoms with van der Waals surface area (Å²) < 4.78 is 0. The SMILES string of the molecule is Cc1ccc(SCCC(=O)N2CC(O)C2)cc1. The minimum Gasteiger partial charge on any atom is -0.389 e. The van der Waals surface area contributed by atoms with Crippen LogP contribution in [-0.2, 0) is 4.79 Å². The Bertz CT molecular complexity index is 385. The van der Waals surface area contributed by atoms with Gasteiger partial charge in [0.1, 0.15) is 0 Å². The molecule has 0 saturated carbocycles. The van der Waals surface area contributed by atoms with Crippen molar-refractivity contribution in [2.24, 2.45) is 0 Å². The van der Waals surface area contributed by atoms with Gasteiger partial charge >= 0.3 is 0 Å². The predicted molar refractivity (Wildman–Crippen MR) is 69.1 cm³/mol. The second-order valence-corrected chi connectivity index (χ2v) is 5.53. The van der Waals surface area contributed by atoms with E-state index in [4.69, 9.17) is 5.11 Å². The molecular formula is C13H17NO2S.